The Hall–Kier alpha value is -2.18. The molecule has 1 aliphatic carbocycles. The number of thiophene rings is 1. The van der Waals surface area contributed by atoms with Crippen LogP contribution >= 0.6 is 11.3 Å². The van der Waals surface area contributed by atoms with Crippen LogP contribution in [-0.2, 0) is 0 Å². The van der Waals surface area contributed by atoms with Gasteiger partial charge in [0.1, 0.15) is 22.7 Å². The molecule has 2 heterocycles. The van der Waals surface area contributed by atoms with Gasteiger partial charge in [0.05, 0.1) is 24.6 Å². The second kappa shape index (κ2) is 6.37. The van der Waals surface area contributed by atoms with Crippen LogP contribution in [0.25, 0.3) is 21.3 Å². The maximum Gasteiger partial charge on any atom is 0.139 e. The summed E-state index contributed by atoms with van der Waals surface area (Å²) < 4.78 is 5.24. The Labute approximate surface area is 144 Å². The molecule has 0 saturated heterocycles. The second-order valence-electron chi connectivity index (χ2n) is 6.03. The third-order valence-electron chi connectivity index (χ3n) is 4.57. The minimum Gasteiger partial charge on any atom is -0.497 e. The standard InChI is InChI=1S/C18H19N3O2S/c1-23-12-7-5-11(6-8-12)13-9-24-18-16(13)17(19-10-20-18)21-14-3-2-4-15(14)22/h5-10,14-15,22H,2-4H2,1H3,(H,19,20,21)/t14-,15+/m0/s1. The lowest BCUT2D eigenvalue weighted by molar-refractivity contribution is 0.171. The molecule has 0 amide bonds. The average molecular weight is 341 g/mol. The zero-order valence-electron chi connectivity index (χ0n) is 13.4. The molecule has 0 spiro atoms. The number of nitrogens with one attached hydrogen (secondary N) is 1. The van der Waals surface area contributed by atoms with E-state index in [1.54, 1.807) is 24.8 Å². The molecular weight excluding hydrogens is 322 g/mol. The quantitative estimate of drug-likeness (QED) is 0.757. The Morgan fingerprint density at radius 2 is 2.04 bits per heavy atom. The number of nitrogens with zero attached hydrogens (tertiary/aromatic N) is 2. The van der Waals surface area contributed by atoms with E-state index in [-0.39, 0.29) is 12.1 Å². The largest absolute Gasteiger partial charge is 0.497 e. The van der Waals surface area contributed by atoms with Gasteiger partial charge in [0.2, 0.25) is 0 Å². The fourth-order valence-corrected chi connectivity index (χ4v) is 4.17. The third-order valence-corrected chi connectivity index (χ3v) is 5.46. The lowest BCUT2D eigenvalue weighted by Crippen LogP contribution is -2.28. The Morgan fingerprint density at radius 1 is 1.21 bits per heavy atom. The molecule has 24 heavy (non-hydrogen) atoms. The molecule has 6 heteroatoms. The maximum absolute atomic E-state index is 10.1. The predicted molar refractivity (Wildman–Crippen MR) is 96.7 cm³/mol. The van der Waals surface area contributed by atoms with Crippen molar-refractivity contribution in [1.29, 1.82) is 0 Å². The Kier molecular flexibility index (Phi) is 4.08. The summed E-state index contributed by atoms with van der Waals surface area (Å²) in [7, 11) is 1.66. The molecule has 1 fully saturated rings. The summed E-state index contributed by atoms with van der Waals surface area (Å²) >= 11 is 1.61. The zero-order valence-corrected chi connectivity index (χ0v) is 14.2. The predicted octanol–water partition coefficient (Wildman–Crippen LogP) is 3.69. The van der Waals surface area contributed by atoms with Crippen molar-refractivity contribution >= 4 is 27.4 Å². The smallest absolute Gasteiger partial charge is 0.139 e. The first-order valence-electron chi connectivity index (χ1n) is 8.07. The van der Waals surface area contributed by atoms with E-state index in [1.807, 2.05) is 24.3 Å². The van der Waals surface area contributed by atoms with Gasteiger partial charge >= 0.3 is 0 Å². The number of methoxy groups -OCH3 is 1. The van der Waals surface area contributed by atoms with E-state index < -0.39 is 0 Å². The van der Waals surface area contributed by atoms with Crippen molar-refractivity contribution in [3.05, 3.63) is 36.0 Å². The summed E-state index contributed by atoms with van der Waals surface area (Å²) in [6.07, 6.45) is 4.14. The first-order valence-corrected chi connectivity index (χ1v) is 8.95. The molecule has 2 atom stereocenters. The highest BCUT2D eigenvalue weighted by Gasteiger charge is 2.26. The van der Waals surface area contributed by atoms with Gasteiger partial charge in [-0.05, 0) is 37.0 Å². The number of rotatable bonds is 4. The lowest BCUT2D eigenvalue weighted by atomic mass is 10.1. The summed E-state index contributed by atoms with van der Waals surface area (Å²) in [4.78, 5) is 9.79. The van der Waals surface area contributed by atoms with Gasteiger partial charge in [0.15, 0.2) is 0 Å². The van der Waals surface area contributed by atoms with Crippen molar-refractivity contribution in [3.63, 3.8) is 0 Å². The normalized spacial score (nSPS) is 20.4. The van der Waals surface area contributed by atoms with E-state index in [2.05, 4.69) is 20.7 Å². The molecule has 0 radical (unpaired) electrons. The van der Waals surface area contributed by atoms with Crippen molar-refractivity contribution in [2.45, 2.75) is 31.4 Å². The van der Waals surface area contributed by atoms with Gasteiger partial charge in [-0.15, -0.1) is 11.3 Å². The molecule has 1 aliphatic rings. The van der Waals surface area contributed by atoms with Crippen LogP contribution in [0.1, 0.15) is 19.3 Å². The Balaban J connectivity index is 1.76. The number of aliphatic hydroxyl groups excluding tert-OH is 1. The van der Waals surface area contributed by atoms with Crippen LogP contribution in [0, 0.1) is 0 Å². The molecule has 4 rings (SSSR count). The summed E-state index contributed by atoms with van der Waals surface area (Å²) in [6.45, 7) is 0. The van der Waals surface area contributed by atoms with E-state index in [1.165, 1.54) is 0 Å². The van der Waals surface area contributed by atoms with Gasteiger partial charge in [-0.1, -0.05) is 12.1 Å². The van der Waals surface area contributed by atoms with Crippen LogP contribution in [-0.4, -0.2) is 34.3 Å². The number of hydrogen-bond donors (Lipinski definition) is 2. The number of aliphatic hydroxyl groups is 1. The molecule has 1 saturated carbocycles. The molecule has 0 aliphatic heterocycles. The minimum atomic E-state index is -0.307. The van der Waals surface area contributed by atoms with Gasteiger partial charge in [-0.3, -0.25) is 0 Å². The van der Waals surface area contributed by atoms with Crippen molar-refractivity contribution in [3.8, 4) is 16.9 Å². The van der Waals surface area contributed by atoms with E-state index in [0.29, 0.717) is 0 Å². The number of fused-ring (bicyclic) bond motifs is 1. The average Bonchev–Trinajstić information content (AvgIpc) is 3.22. The van der Waals surface area contributed by atoms with Crippen LogP contribution in [0.3, 0.4) is 0 Å². The number of benzene rings is 1. The van der Waals surface area contributed by atoms with Crippen LogP contribution in [0.15, 0.2) is 36.0 Å². The van der Waals surface area contributed by atoms with Crippen molar-refractivity contribution in [2.24, 2.45) is 0 Å². The topological polar surface area (TPSA) is 67.3 Å². The molecule has 5 nitrogen and oxygen atoms in total. The molecule has 2 N–H and O–H groups in total. The summed E-state index contributed by atoms with van der Waals surface area (Å²) in [5, 5.41) is 16.7. The summed E-state index contributed by atoms with van der Waals surface area (Å²) in [5.41, 5.74) is 2.21. The molecule has 0 bridgehead atoms. The van der Waals surface area contributed by atoms with Gasteiger partial charge in [0, 0.05) is 10.9 Å². The van der Waals surface area contributed by atoms with E-state index in [0.717, 1.165) is 52.2 Å². The van der Waals surface area contributed by atoms with Gasteiger partial charge in [-0.25, -0.2) is 9.97 Å². The van der Waals surface area contributed by atoms with E-state index >= 15 is 0 Å². The first kappa shape index (κ1) is 15.4. The maximum atomic E-state index is 10.1. The SMILES string of the molecule is COc1ccc(-c2csc3ncnc(N[C@H]4CCC[C@H]4O)c23)cc1. The molecular formula is C18H19N3O2S. The number of aromatic nitrogens is 2. The minimum absolute atomic E-state index is 0.0618. The van der Waals surface area contributed by atoms with Gasteiger partial charge < -0.3 is 15.2 Å². The van der Waals surface area contributed by atoms with Crippen LogP contribution in [0.2, 0.25) is 0 Å². The molecule has 1 aromatic carbocycles. The molecule has 124 valence electrons. The van der Waals surface area contributed by atoms with E-state index in [4.69, 9.17) is 4.74 Å². The highest BCUT2D eigenvalue weighted by atomic mass is 32.1. The summed E-state index contributed by atoms with van der Waals surface area (Å²) in [5.74, 6) is 1.64. The number of ether oxygens (including phenoxy) is 1. The van der Waals surface area contributed by atoms with Crippen LogP contribution < -0.4 is 10.1 Å². The monoisotopic (exact) mass is 341 g/mol. The lowest BCUT2D eigenvalue weighted by Gasteiger charge is -2.18. The first-order chi connectivity index (χ1) is 11.8. The highest BCUT2D eigenvalue weighted by molar-refractivity contribution is 7.17. The second-order valence-corrected chi connectivity index (χ2v) is 6.89. The Bertz CT molecular complexity index is 847. The summed E-state index contributed by atoms with van der Waals surface area (Å²) in [6, 6.07) is 8.06. The van der Waals surface area contributed by atoms with Crippen molar-refractivity contribution < 1.29 is 9.84 Å². The zero-order chi connectivity index (χ0) is 16.5. The fraction of sp³-hybridized carbons (Fsp3) is 0.333. The van der Waals surface area contributed by atoms with Crippen molar-refractivity contribution in [1.82, 2.24) is 9.97 Å². The molecule has 0 unspecified atom stereocenters. The molecule has 2 aromatic heterocycles. The highest BCUT2D eigenvalue weighted by Crippen LogP contribution is 2.37. The van der Waals surface area contributed by atoms with E-state index in [9.17, 15) is 5.11 Å². The van der Waals surface area contributed by atoms with Crippen molar-refractivity contribution in [2.75, 3.05) is 12.4 Å². The number of anilines is 1. The number of hydrogen-bond acceptors (Lipinski definition) is 6. The van der Waals surface area contributed by atoms with Crippen LogP contribution in [0.4, 0.5) is 5.82 Å². The Morgan fingerprint density at radius 3 is 2.75 bits per heavy atom. The third kappa shape index (κ3) is 2.72. The van der Waals surface area contributed by atoms with Gasteiger partial charge in [-0.2, -0.15) is 0 Å². The fourth-order valence-electron chi connectivity index (χ4n) is 3.25. The van der Waals surface area contributed by atoms with Gasteiger partial charge in [0.25, 0.3) is 0 Å². The molecule has 3 aromatic rings. The van der Waals surface area contributed by atoms with Crippen LogP contribution in [0.5, 0.6) is 5.75 Å².